The largest absolute Gasteiger partial charge is 0.497 e. The first kappa shape index (κ1) is 14.4. The molecule has 1 aliphatic heterocycles. The number of piperidine rings is 1. The molecule has 1 aliphatic rings. The van der Waals surface area contributed by atoms with E-state index in [-0.39, 0.29) is 0 Å². The number of nitrogens with one attached hydrogen (secondary N) is 1. The summed E-state index contributed by atoms with van der Waals surface area (Å²) in [5.41, 5.74) is 1.29. The maximum atomic E-state index is 5.26. The van der Waals surface area contributed by atoms with Crippen molar-refractivity contribution in [1.82, 2.24) is 10.2 Å². The summed E-state index contributed by atoms with van der Waals surface area (Å²) in [4.78, 5) is 2.44. The SMILES string of the molecule is COc1cccc(CNC(C)C2CCCN(C)C2)c1. The maximum Gasteiger partial charge on any atom is 0.119 e. The second-order valence-electron chi connectivity index (χ2n) is 5.69. The van der Waals surface area contributed by atoms with Crippen LogP contribution in [0.2, 0.25) is 0 Å². The third-order valence-electron chi connectivity index (χ3n) is 4.13. The van der Waals surface area contributed by atoms with Crippen LogP contribution in [0.15, 0.2) is 24.3 Å². The van der Waals surface area contributed by atoms with Crippen molar-refractivity contribution in [3.05, 3.63) is 29.8 Å². The van der Waals surface area contributed by atoms with Crippen LogP contribution in [0.1, 0.15) is 25.3 Å². The lowest BCUT2D eigenvalue weighted by molar-refractivity contribution is 0.178. The molecule has 106 valence electrons. The zero-order valence-corrected chi connectivity index (χ0v) is 12.4. The highest BCUT2D eigenvalue weighted by molar-refractivity contribution is 5.28. The van der Waals surface area contributed by atoms with Crippen LogP contribution < -0.4 is 10.1 Å². The summed E-state index contributed by atoms with van der Waals surface area (Å²) < 4.78 is 5.26. The predicted molar refractivity (Wildman–Crippen MR) is 79.5 cm³/mol. The van der Waals surface area contributed by atoms with Gasteiger partial charge in [-0.05, 0) is 57.0 Å². The number of hydrogen-bond acceptors (Lipinski definition) is 3. The second-order valence-corrected chi connectivity index (χ2v) is 5.69. The molecular weight excluding hydrogens is 236 g/mol. The standard InChI is InChI=1S/C16H26N2O/c1-13(15-7-5-9-18(2)12-15)17-11-14-6-4-8-16(10-14)19-3/h4,6,8,10,13,15,17H,5,7,9,11-12H2,1-3H3. The van der Waals surface area contributed by atoms with Gasteiger partial charge in [0.05, 0.1) is 7.11 Å². The predicted octanol–water partition coefficient (Wildman–Crippen LogP) is 2.52. The first-order valence-corrected chi connectivity index (χ1v) is 7.24. The van der Waals surface area contributed by atoms with Crippen LogP contribution >= 0.6 is 0 Å². The molecule has 19 heavy (non-hydrogen) atoms. The van der Waals surface area contributed by atoms with Crippen LogP contribution in [-0.2, 0) is 6.54 Å². The van der Waals surface area contributed by atoms with Gasteiger partial charge in [-0.1, -0.05) is 12.1 Å². The Hall–Kier alpha value is -1.06. The Morgan fingerprint density at radius 1 is 1.47 bits per heavy atom. The Labute approximate surface area is 116 Å². The Bertz CT molecular complexity index is 394. The van der Waals surface area contributed by atoms with Gasteiger partial charge in [0.25, 0.3) is 0 Å². The van der Waals surface area contributed by atoms with Crippen molar-refractivity contribution in [3.8, 4) is 5.75 Å². The van der Waals surface area contributed by atoms with Crippen LogP contribution in [0.3, 0.4) is 0 Å². The molecule has 1 fully saturated rings. The Kier molecular flexibility index (Phi) is 5.23. The smallest absolute Gasteiger partial charge is 0.119 e. The third kappa shape index (κ3) is 4.22. The first-order chi connectivity index (χ1) is 9.19. The van der Waals surface area contributed by atoms with Gasteiger partial charge < -0.3 is 15.0 Å². The molecule has 0 spiro atoms. The van der Waals surface area contributed by atoms with Gasteiger partial charge in [-0.25, -0.2) is 0 Å². The molecule has 1 saturated heterocycles. The summed E-state index contributed by atoms with van der Waals surface area (Å²) in [6.45, 7) is 5.69. The monoisotopic (exact) mass is 262 g/mol. The highest BCUT2D eigenvalue weighted by Crippen LogP contribution is 2.19. The number of nitrogens with zero attached hydrogens (tertiary/aromatic N) is 1. The fourth-order valence-electron chi connectivity index (χ4n) is 2.84. The summed E-state index contributed by atoms with van der Waals surface area (Å²) in [6.07, 6.45) is 2.67. The molecule has 2 unspecified atom stereocenters. The van der Waals surface area contributed by atoms with Crippen molar-refractivity contribution in [3.63, 3.8) is 0 Å². The fourth-order valence-corrected chi connectivity index (χ4v) is 2.84. The molecule has 2 rings (SSSR count). The van der Waals surface area contributed by atoms with Crippen LogP contribution in [0.5, 0.6) is 5.75 Å². The Morgan fingerprint density at radius 3 is 3.05 bits per heavy atom. The average molecular weight is 262 g/mol. The number of methoxy groups -OCH3 is 1. The Balaban J connectivity index is 1.83. The van der Waals surface area contributed by atoms with E-state index in [1.807, 2.05) is 6.07 Å². The second kappa shape index (κ2) is 6.92. The topological polar surface area (TPSA) is 24.5 Å². The molecule has 0 amide bonds. The van der Waals surface area contributed by atoms with E-state index < -0.39 is 0 Å². The molecule has 3 nitrogen and oxygen atoms in total. The minimum Gasteiger partial charge on any atom is -0.497 e. The van der Waals surface area contributed by atoms with E-state index in [1.54, 1.807) is 7.11 Å². The number of ether oxygens (including phenoxy) is 1. The minimum atomic E-state index is 0.564. The molecular formula is C16H26N2O. The van der Waals surface area contributed by atoms with Crippen LogP contribution in [0.4, 0.5) is 0 Å². The van der Waals surface area contributed by atoms with Crippen molar-refractivity contribution in [1.29, 1.82) is 0 Å². The zero-order chi connectivity index (χ0) is 13.7. The molecule has 0 saturated carbocycles. The molecule has 1 aromatic rings. The summed E-state index contributed by atoms with van der Waals surface area (Å²) in [6, 6.07) is 8.86. The van der Waals surface area contributed by atoms with E-state index in [0.29, 0.717) is 6.04 Å². The van der Waals surface area contributed by atoms with E-state index in [1.165, 1.54) is 31.5 Å². The van der Waals surface area contributed by atoms with E-state index in [4.69, 9.17) is 4.74 Å². The summed E-state index contributed by atoms with van der Waals surface area (Å²) >= 11 is 0. The molecule has 3 heteroatoms. The molecule has 2 atom stereocenters. The van der Waals surface area contributed by atoms with Gasteiger partial charge in [0.2, 0.25) is 0 Å². The maximum absolute atomic E-state index is 5.26. The van der Waals surface area contributed by atoms with Crippen molar-refractivity contribution < 1.29 is 4.74 Å². The zero-order valence-electron chi connectivity index (χ0n) is 12.4. The summed E-state index contributed by atoms with van der Waals surface area (Å²) in [5, 5.41) is 3.66. The van der Waals surface area contributed by atoms with Crippen LogP contribution in [0.25, 0.3) is 0 Å². The lowest BCUT2D eigenvalue weighted by Crippen LogP contribution is -2.42. The van der Waals surface area contributed by atoms with Crippen LogP contribution in [-0.4, -0.2) is 38.2 Å². The van der Waals surface area contributed by atoms with Gasteiger partial charge in [-0.2, -0.15) is 0 Å². The Morgan fingerprint density at radius 2 is 2.32 bits per heavy atom. The molecule has 0 aromatic heterocycles. The number of hydrogen-bond donors (Lipinski definition) is 1. The lowest BCUT2D eigenvalue weighted by Gasteiger charge is -2.34. The van der Waals surface area contributed by atoms with Crippen molar-refractivity contribution in [2.75, 3.05) is 27.2 Å². The van der Waals surface area contributed by atoms with Gasteiger partial charge in [0.15, 0.2) is 0 Å². The van der Waals surface area contributed by atoms with Gasteiger partial charge in [0.1, 0.15) is 5.75 Å². The van der Waals surface area contributed by atoms with Gasteiger partial charge in [-0.15, -0.1) is 0 Å². The average Bonchev–Trinajstić information content (AvgIpc) is 2.45. The van der Waals surface area contributed by atoms with Crippen molar-refractivity contribution >= 4 is 0 Å². The van der Waals surface area contributed by atoms with Gasteiger partial charge in [0, 0.05) is 19.1 Å². The molecule has 1 N–H and O–H groups in total. The molecule has 1 aromatic carbocycles. The van der Waals surface area contributed by atoms with Gasteiger partial charge >= 0.3 is 0 Å². The highest BCUT2D eigenvalue weighted by Gasteiger charge is 2.22. The van der Waals surface area contributed by atoms with Gasteiger partial charge in [-0.3, -0.25) is 0 Å². The molecule has 0 aliphatic carbocycles. The van der Waals surface area contributed by atoms with Crippen molar-refractivity contribution in [2.24, 2.45) is 5.92 Å². The molecule has 0 radical (unpaired) electrons. The highest BCUT2D eigenvalue weighted by atomic mass is 16.5. The normalized spacial score (nSPS) is 22.2. The van der Waals surface area contributed by atoms with E-state index in [9.17, 15) is 0 Å². The number of benzene rings is 1. The van der Waals surface area contributed by atoms with E-state index in [0.717, 1.165) is 18.2 Å². The van der Waals surface area contributed by atoms with Crippen LogP contribution in [0, 0.1) is 5.92 Å². The van der Waals surface area contributed by atoms with E-state index >= 15 is 0 Å². The molecule has 1 heterocycles. The van der Waals surface area contributed by atoms with Crippen molar-refractivity contribution in [2.45, 2.75) is 32.4 Å². The third-order valence-corrected chi connectivity index (χ3v) is 4.13. The summed E-state index contributed by atoms with van der Waals surface area (Å²) in [7, 11) is 3.94. The first-order valence-electron chi connectivity index (χ1n) is 7.24. The minimum absolute atomic E-state index is 0.564. The lowest BCUT2D eigenvalue weighted by atomic mass is 9.92. The molecule has 0 bridgehead atoms. The fraction of sp³-hybridized carbons (Fsp3) is 0.625. The summed E-state index contributed by atoms with van der Waals surface area (Å²) in [5.74, 6) is 1.70. The van der Waals surface area contributed by atoms with E-state index in [2.05, 4.69) is 42.4 Å². The number of rotatable bonds is 5. The quantitative estimate of drug-likeness (QED) is 0.882. The number of likely N-dealkylation sites (tertiary alicyclic amines) is 1.